The van der Waals surface area contributed by atoms with Gasteiger partial charge in [0, 0.05) is 6.20 Å². The zero-order chi connectivity index (χ0) is 14.5. The molecule has 6 nitrogen and oxygen atoms in total. The van der Waals surface area contributed by atoms with E-state index in [1.54, 1.807) is 24.3 Å². The van der Waals surface area contributed by atoms with Crippen LogP contribution in [0.2, 0.25) is 5.15 Å². The highest BCUT2D eigenvalue weighted by Gasteiger charge is 2.15. The summed E-state index contributed by atoms with van der Waals surface area (Å²) in [6.45, 7) is 0. The minimum Gasteiger partial charge on any atom is -0.508 e. The van der Waals surface area contributed by atoms with Gasteiger partial charge in [0.2, 0.25) is 11.9 Å². The molecular weight excluding hydrogens is 280 g/mol. The summed E-state index contributed by atoms with van der Waals surface area (Å²) >= 11 is 5.70. The van der Waals surface area contributed by atoms with E-state index in [9.17, 15) is 9.90 Å². The van der Waals surface area contributed by atoms with Crippen LogP contribution in [0.4, 0.5) is 5.95 Å². The summed E-state index contributed by atoms with van der Waals surface area (Å²) in [6.07, 6.45) is 1.78. The average Bonchev–Trinajstić information content (AvgIpc) is 2.41. The zero-order valence-corrected chi connectivity index (χ0v) is 11.2. The lowest BCUT2D eigenvalue weighted by atomic mass is 10.1. The topological polar surface area (TPSA) is 101 Å². The molecule has 0 saturated carbocycles. The first-order valence-corrected chi connectivity index (χ1v) is 6.25. The largest absolute Gasteiger partial charge is 0.508 e. The van der Waals surface area contributed by atoms with Crippen molar-refractivity contribution in [2.75, 3.05) is 5.32 Å². The van der Waals surface area contributed by atoms with Gasteiger partial charge in [0.1, 0.15) is 10.9 Å². The number of nitrogens with two attached hydrogens (primary N) is 1. The second-order valence-electron chi connectivity index (χ2n) is 4.17. The van der Waals surface area contributed by atoms with Crippen LogP contribution < -0.4 is 11.1 Å². The normalized spacial score (nSPS) is 11.9. The number of carbonyl (C=O) groups excluding carboxylic acids is 1. The van der Waals surface area contributed by atoms with Crippen molar-refractivity contribution in [2.24, 2.45) is 5.73 Å². The Morgan fingerprint density at radius 3 is 2.70 bits per heavy atom. The van der Waals surface area contributed by atoms with Crippen LogP contribution in [0.3, 0.4) is 0 Å². The Hall–Kier alpha value is -2.18. The lowest BCUT2D eigenvalue weighted by molar-refractivity contribution is -0.117. The third-order valence-electron chi connectivity index (χ3n) is 2.59. The molecule has 2 aromatic rings. The summed E-state index contributed by atoms with van der Waals surface area (Å²) < 4.78 is 0. The Morgan fingerprint density at radius 2 is 2.05 bits per heavy atom. The molecular formula is C13H13ClN4O2. The van der Waals surface area contributed by atoms with Crippen LogP contribution in [0, 0.1) is 0 Å². The predicted molar refractivity (Wildman–Crippen MR) is 75.5 cm³/mol. The first kappa shape index (κ1) is 14.2. The van der Waals surface area contributed by atoms with Gasteiger partial charge in [-0.15, -0.1) is 0 Å². The number of phenolic OH excluding ortho intramolecular Hbond substituents is 1. The fourth-order valence-corrected chi connectivity index (χ4v) is 1.71. The molecule has 20 heavy (non-hydrogen) atoms. The number of rotatable bonds is 4. The Morgan fingerprint density at radius 1 is 1.35 bits per heavy atom. The number of nitrogens with one attached hydrogen (secondary N) is 1. The van der Waals surface area contributed by atoms with Crippen LogP contribution in [0.25, 0.3) is 0 Å². The smallest absolute Gasteiger partial charge is 0.243 e. The van der Waals surface area contributed by atoms with E-state index in [2.05, 4.69) is 15.3 Å². The Labute approximate surface area is 120 Å². The van der Waals surface area contributed by atoms with Gasteiger partial charge in [0.05, 0.1) is 6.04 Å². The maximum Gasteiger partial charge on any atom is 0.243 e. The molecule has 4 N–H and O–H groups in total. The molecule has 1 aromatic heterocycles. The van der Waals surface area contributed by atoms with Crippen LogP contribution in [-0.2, 0) is 11.2 Å². The number of aromatic nitrogens is 2. The summed E-state index contributed by atoms with van der Waals surface area (Å²) in [5.41, 5.74) is 6.65. The summed E-state index contributed by atoms with van der Waals surface area (Å²) in [6, 6.07) is 7.26. The van der Waals surface area contributed by atoms with Crippen LogP contribution >= 0.6 is 11.6 Å². The van der Waals surface area contributed by atoms with Gasteiger partial charge < -0.3 is 10.8 Å². The highest BCUT2D eigenvalue weighted by atomic mass is 35.5. The molecule has 1 amide bonds. The molecule has 1 aromatic carbocycles. The molecule has 0 spiro atoms. The second kappa shape index (κ2) is 6.31. The number of hydrogen-bond acceptors (Lipinski definition) is 5. The number of aromatic hydroxyl groups is 1. The van der Waals surface area contributed by atoms with Crippen molar-refractivity contribution in [3.8, 4) is 5.75 Å². The highest BCUT2D eigenvalue weighted by molar-refractivity contribution is 6.29. The molecule has 104 valence electrons. The van der Waals surface area contributed by atoms with Crippen molar-refractivity contribution in [3.05, 3.63) is 47.2 Å². The summed E-state index contributed by atoms with van der Waals surface area (Å²) in [7, 11) is 0. The SMILES string of the molecule is N[C@@H](Cc1ccc(O)cc1)C(=O)Nc1nccc(Cl)n1. The van der Waals surface area contributed by atoms with Crippen molar-refractivity contribution in [2.45, 2.75) is 12.5 Å². The van der Waals surface area contributed by atoms with Crippen molar-refractivity contribution in [1.29, 1.82) is 0 Å². The first-order valence-electron chi connectivity index (χ1n) is 5.87. The number of nitrogens with zero attached hydrogens (tertiary/aromatic N) is 2. The number of hydrogen-bond donors (Lipinski definition) is 3. The van der Waals surface area contributed by atoms with Crippen LogP contribution in [-0.4, -0.2) is 27.0 Å². The number of amides is 1. The molecule has 0 unspecified atom stereocenters. The summed E-state index contributed by atoms with van der Waals surface area (Å²) in [5.74, 6) is -0.122. The van der Waals surface area contributed by atoms with Crippen molar-refractivity contribution < 1.29 is 9.90 Å². The lowest BCUT2D eigenvalue weighted by Gasteiger charge is -2.11. The van der Waals surface area contributed by atoms with Crippen molar-refractivity contribution in [3.63, 3.8) is 0 Å². The minimum atomic E-state index is -0.748. The fraction of sp³-hybridized carbons (Fsp3) is 0.154. The molecule has 0 saturated heterocycles. The van der Waals surface area contributed by atoms with Gasteiger partial charge in [-0.3, -0.25) is 10.1 Å². The molecule has 0 aliphatic rings. The van der Waals surface area contributed by atoms with Crippen LogP contribution in [0.1, 0.15) is 5.56 Å². The van der Waals surface area contributed by atoms with E-state index in [1.165, 1.54) is 12.3 Å². The standard InChI is InChI=1S/C13H13ClN4O2/c14-11-5-6-16-13(17-11)18-12(20)10(15)7-8-1-3-9(19)4-2-8/h1-6,10,19H,7,15H2,(H,16,17,18,20)/t10-/m0/s1. The highest BCUT2D eigenvalue weighted by Crippen LogP contribution is 2.11. The molecule has 7 heteroatoms. The third kappa shape index (κ3) is 3.91. The molecule has 0 aliphatic carbocycles. The van der Waals surface area contributed by atoms with E-state index < -0.39 is 11.9 Å². The van der Waals surface area contributed by atoms with Gasteiger partial charge in [-0.2, -0.15) is 0 Å². The van der Waals surface area contributed by atoms with Crippen molar-refractivity contribution in [1.82, 2.24) is 9.97 Å². The van der Waals surface area contributed by atoms with E-state index >= 15 is 0 Å². The van der Waals surface area contributed by atoms with Gasteiger partial charge in [-0.25, -0.2) is 9.97 Å². The Balaban J connectivity index is 1.96. The van der Waals surface area contributed by atoms with Crippen LogP contribution in [0.5, 0.6) is 5.75 Å². The zero-order valence-electron chi connectivity index (χ0n) is 10.5. The van der Waals surface area contributed by atoms with E-state index in [0.29, 0.717) is 6.42 Å². The molecule has 0 radical (unpaired) electrons. The van der Waals surface area contributed by atoms with Gasteiger partial charge in [-0.1, -0.05) is 23.7 Å². The average molecular weight is 293 g/mol. The minimum absolute atomic E-state index is 0.114. The van der Waals surface area contributed by atoms with Gasteiger partial charge in [0.25, 0.3) is 0 Å². The Kier molecular flexibility index (Phi) is 4.49. The van der Waals surface area contributed by atoms with Gasteiger partial charge >= 0.3 is 0 Å². The first-order chi connectivity index (χ1) is 9.54. The fourth-order valence-electron chi connectivity index (χ4n) is 1.58. The summed E-state index contributed by atoms with van der Waals surface area (Å²) in [5, 5.41) is 11.9. The maximum atomic E-state index is 11.9. The Bertz CT molecular complexity index is 604. The molecule has 0 bridgehead atoms. The molecule has 2 rings (SSSR count). The van der Waals surface area contributed by atoms with E-state index in [-0.39, 0.29) is 16.9 Å². The monoisotopic (exact) mass is 292 g/mol. The second-order valence-corrected chi connectivity index (χ2v) is 4.56. The number of phenols is 1. The predicted octanol–water partition coefficient (Wildman–Crippen LogP) is 1.34. The van der Waals surface area contributed by atoms with E-state index in [4.69, 9.17) is 17.3 Å². The molecule has 1 atom stereocenters. The summed E-state index contributed by atoms with van der Waals surface area (Å²) in [4.78, 5) is 19.6. The van der Waals surface area contributed by atoms with Gasteiger partial charge in [-0.05, 0) is 30.2 Å². The van der Waals surface area contributed by atoms with Crippen LogP contribution in [0.15, 0.2) is 36.5 Å². The number of benzene rings is 1. The molecule has 1 heterocycles. The number of anilines is 1. The molecule has 0 aliphatic heterocycles. The number of halogens is 1. The maximum absolute atomic E-state index is 11.9. The molecule has 0 fully saturated rings. The lowest BCUT2D eigenvalue weighted by Crippen LogP contribution is -2.37. The quantitative estimate of drug-likeness (QED) is 0.738. The number of carbonyl (C=O) groups is 1. The third-order valence-corrected chi connectivity index (χ3v) is 2.80. The van der Waals surface area contributed by atoms with E-state index in [1.807, 2.05) is 0 Å². The van der Waals surface area contributed by atoms with E-state index in [0.717, 1.165) is 5.56 Å². The van der Waals surface area contributed by atoms with Gasteiger partial charge in [0.15, 0.2) is 0 Å². The van der Waals surface area contributed by atoms with Crippen molar-refractivity contribution >= 4 is 23.5 Å².